The van der Waals surface area contributed by atoms with Gasteiger partial charge in [0.05, 0.1) is 9.90 Å². The van der Waals surface area contributed by atoms with Gasteiger partial charge in [-0.2, -0.15) is 0 Å². The van der Waals surface area contributed by atoms with Crippen molar-refractivity contribution < 1.29 is 4.79 Å². The van der Waals surface area contributed by atoms with Crippen molar-refractivity contribution in [2.45, 2.75) is 13.0 Å². The molecular formula is C16H17Cl2N3OS. The van der Waals surface area contributed by atoms with E-state index in [-0.39, 0.29) is 5.91 Å². The third kappa shape index (κ3) is 4.23. The summed E-state index contributed by atoms with van der Waals surface area (Å²) in [7, 11) is 0. The summed E-state index contributed by atoms with van der Waals surface area (Å²) in [5.41, 5.74) is 1.71. The van der Waals surface area contributed by atoms with E-state index in [1.165, 1.54) is 16.9 Å². The van der Waals surface area contributed by atoms with Gasteiger partial charge >= 0.3 is 0 Å². The molecule has 7 heteroatoms. The van der Waals surface area contributed by atoms with Crippen molar-refractivity contribution in [3.63, 3.8) is 0 Å². The predicted molar refractivity (Wildman–Crippen MR) is 94.4 cm³/mol. The Balaban J connectivity index is 1.62. The van der Waals surface area contributed by atoms with Crippen LogP contribution in [0.25, 0.3) is 0 Å². The van der Waals surface area contributed by atoms with Gasteiger partial charge in [-0.05, 0) is 24.1 Å². The molecule has 23 heavy (non-hydrogen) atoms. The number of nitrogens with zero attached hydrogens (tertiary/aromatic N) is 3. The first-order valence-electron chi connectivity index (χ1n) is 7.49. The first-order chi connectivity index (χ1) is 11.1. The quantitative estimate of drug-likeness (QED) is 0.825. The topological polar surface area (TPSA) is 36.4 Å². The van der Waals surface area contributed by atoms with E-state index in [4.69, 9.17) is 23.2 Å². The molecule has 2 aromatic heterocycles. The van der Waals surface area contributed by atoms with Crippen LogP contribution in [0.15, 0.2) is 30.6 Å². The summed E-state index contributed by atoms with van der Waals surface area (Å²) in [6.07, 6.45) is 4.62. The van der Waals surface area contributed by atoms with Crippen LogP contribution in [0.3, 0.4) is 0 Å². The van der Waals surface area contributed by atoms with Crippen molar-refractivity contribution in [3.8, 4) is 0 Å². The van der Waals surface area contributed by atoms with Crippen molar-refractivity contribution in [1.82, 2.24) is 14.8 Å². The van der Waals surface area contributed by atoms with Gasteiger partial charge in [-0.15, -0.1) is 11.3 Å². The van der Waals surface area contributed by atoms with Crippen LogP contribution >= 0.6 is 34.5 Å². The summed E-state index contributed by atoms with van der Waals surface area (Å²) >= 11 is 13.3. The summed E-state index contributed by atoms with van der Waals surface area (Å²) in [4.78, 5) is 21.0. The summed E-state index contributed by atoms with van der Waals surface area (Å²) in [5, 5.41) is 0. The lowest BCUT2D eigenvalue weighted by molar-refractivity contribution is 0.0762. The standard InChI is InChI=1S/C16H17Cl2N3OS/c17-14-9-13(15(18)23-14)16(22)21-6-2-5-20(7-8-21)11-12-3-1-4-19-10-12/h1,3-4,9-10H,2,5-8,11H2. The lowest BCUT2D eigenvalue weighted by atomic mass is 10.2. The Kier molecular flexibility index (Phi) is 5.54. The van der Waals surface area contributed by atoms with Crippen molar-refractivity contribution >= 4 is 40.4 Å². The summed E-state index contributed by atoms with van der Waals surface area (Å²) in [6, 6.07) is 5.69. The number of amides is 1. The smallest absolute Gasteiger partial charge is 0.256 e. The molecule has 1 saturated heterocycles. The van der Waals surface area contributed by atoms with Crippen LogP contribution in [0, 0.1) is 0 Å². The summed E-state index contributed by atoms with van der Waals surface area (Å²) < 4.78 is 1.02. The minimum atomic E-state index is -0.0265. The van der Waals surface area contributed by atoms with Crippen LogP contribution in [0.4, 0.5) is 0 Å². The highest BCUT2D eigenvalue weighted by molar-refractivity contribution is 7.20. The van der Waals surface area contributed by atoms with Gasteiger partial charge in [-0.1, -0.05) is 29.3 Å². The number of rotatable bonds is 3. The van der Waals surface area contributed by atoms with E-state index in [9.17, 15) is 4.79 Å². The fourth-order valence-electron chi connectivity index (χ4n) is 2.74. The van der Waals surface area contributed by atoms with Gasteiger partial charge in [0.1, 0.15) is 4.34 Å². The number of hydrogen-bond donors (Lipinski definition) is 0. The maximum atomic E-state index is 12.6. The highest BCUT2D eigenvalue weighted by atomic mass is 35.5. The van der Waals surface area contributed by atoms with Gasteiger partial charge in [0.2, 0.25) is 0 Å². The third-order valence-electron chi connectivity index (χ3n) is 3.89. The molecule has 0 spiro atoms. The minimum Gasteiger partial charge on any atom is -0.337 e. The molecule has 0 aromatic carbocycles. The Bertz CT molecular complexity index is 677. The molecule has 3 heterocycles. The lowest BCUT2D eigenvalue weighted by Gasteiger charge is -2.21. The number of thiophene rings is 1. The Labute approximate surface area is 149 Å². The average molecular weight is 370 g/mol. The molecular weight excluding hydrogens is 353 g/mol. The third-order valence-corrected chi connectivity index (χ3v) is 5.38. The van der Waals surface area contributed by atoms with E-state index < -0.39 is 0 Å². The highest BCUT2D eigenvalue weighted by Crippen LogP contribution is 2.32. The number of pyridine rings is 1. The first kappa shape index (κ1) is 16.7. The maximum absolute atomic E-state index is 12.6. The fourth-order valence-corrected chi connectivity index (χ4v) is 4.19. The molecule has 4 nitrogen and oxygen atoms in total. The van der Waals surface area contributed by atoms with Crippen LogP contribution in [-0.2, 0) is 6.54 Å². The molecule has 1 aliphatic rings. The van der Waals surface area contributed by atoms with Crippen LogP contribution < -0.4 is 0 Å². The molecule has 0 atom stereocenters. The van der Waals surface area contributed by atoms with Crippen LogP contribution in [0.1, 0.15) is 22.3 Å². The number of aromatic nitrogens is 1. The van der Waals surface area contributed by atoms with E-state index in [0.717, 1.165) is 32.6 Å². The first-order valence-corrected chi connectivity index (χ1v) is 9.06. The number of halogens is 2. The van der Waals surface area contributed by atoms with Crippen molar-refractivity contribution in [2.24, 2.45) is 0 Å². The molecule has 1 fully saturated rings. The molecule has 0 bridgehead atoms. The SMILES string of the molecule is O=C(c1cc(Cl)sc1Cl)N1CCCN(Cc2cccnc2)CC1. The molecule has 3 rings (SSSR count). The van der Waals surface area contributed by atoms with Gasteiger partial charge in [0, 0.05) is 45.1 Å². The predicted octanol–water partition coefficient (Wildman–Crippen LogP) is 3.80. The second-order valence-corrected chi connectivity index (χ2v) is 7.81. The molecule has 0 aliphatic carbocycles. The molecule has 0 saturated carbocycles. The van der Waals surface area contributed by atoms with Crippen LogP contribution in [0.5, 0.6) is 0 Å². The van der Waals surface area contributed by atoms with Gasteiger partial charge in [-0.3, -0.25) is 14.7 Å². The Morgan fingerprint density at radius 2 is 2.13 bits per heavy atom. The van der Waals surface area contributed by atoms with Gasteiger partial charge in [0.25, 0.3) is 5.91 Å². The van der Waals surface area contributed by atoms with Gasteiger partial charge in [-0.25, -0.2) is 0 Å². The number of carbonyl (C=O) groups excluding carboxylic acids is 1. The largest absolute Gasteiger partial charge is 0.337 e. The molecule has 0 radical (unpaired) electrons. The normalized spacial score (nSPS) is 16.3. The van der Waals surface area contributed by atoms with Crippen molar-refractivity contribution in [1.29, 1.82) is 0 Å². The monoisotopic (exact) mass is 369 g/mol. The molecule has 1 aliphatic heterocycles. The van der Waals surface area contributed by atoms with Crippen molar-refractivity contribution in [3.05, 3.63) is 50.4 Å². The fraction of sp³-hybridized carbons (Fsp3) is 0.375. The zero-order chi connectivity index (χ0) is 16.2. The minimum absolute atomic E-state index is 0.0265. The Morgan fingerprint density at radius 1 is 1.26 bits per heavy atom. The van der Waals surface area contributed by atoms with E-state index in [0.29, 0.717) is 20.8 Å². The number of hydrogen-bond acceptors (Lipinski definition) is 4. The Morgan fingerprint density at radius 3 is 2.83 bits per heavy atom. The van der Waals surface area contributed by atoms with Crippen LogP contribution in [0.2, 0.25) is 8.67 Å². The summed E-state index contributed by atoms with van der Waals surface area (Å²) in [5.74, 6) is -0.0265. The molecule has 122 valence electrons. The average Bonchev–Trinajstić information content (AvgIpc) is 2.74. The molecule has 0 unspecified atom stereocenters. The molecule has 0 N–H and O–H groups in total. The van der Waals surface area contributed by atoms with Crippen LogP contribution in [-0.4, -0.2) is 46.9 Å². The van der Waals surface area contributed by atoms with E-state index >= 15 is 0 Å². The highest BCUT2D eigenvalue weighted by Gasteiger charge is 2.23. The lowest BCUT2D eigenvalue weighted by Crippen LogP contribution is -2.35. The zero-order valence-electron chi connectivity index (χ0n) is 12.5. The van der Waals surface area contributed by atoms with E-state index in [1.807, 2.05) is 17.2 Å². The maximum Gasteiger partial charge on any atom is 0.256 e. The molecule has 1 amide bonds. The second kappa shape index (κ2) is 7.62. The van der Waals surface area contributed by atoms with E-state index in [1.54, 1.807) is 12.3 Å². The summed E-state index contributed by atoms with van der Waals surface area (Å²) in [6.45, 7) is 4.11. The van der Waals surface area contributed by atoms with E-state index in [2.05, 4.69) is 16.0 Å². The second-order valence-electron chi connectivity index (χ2n) is 5.52. The van der Waals surface area contributed by atoms with Gasteiger partial charge in [0.15, 0.2) is 0 Å². The molecule has 2 aromatic rings. The Hall–Kier alpha value is -1.14. The van der Waals surface area contributed by atoms with Gasteiger partial charge < -0.3 is 4.90 Å². The number of carbonyl (C=O) groups is 1. The zero-order valence-corrected chi connectivity index (χ0v) is 14.9. The van der Waals surface area contributed by atoms with Crippen molar-refractivity contribution in [2.75, 3.05) is 26.2 Å².